The number of nitrogens with zero attached hydrogens (tertiary/aromatic N) is 3. The van der Waals surface area contributed by atoms with Crippen LogP contribution in [0.4, 0.5) is 0 Å². The summed E-state index contributed by atoms with van der Waals surface area (Å²) in [4.78, 5) is 17.9. The van der Waals surface area contributed by atoms with Crippen molar-refractivity contribution >= 4 is 5.91 Å². The lowest BCUT2D eigenvalue weighted by Gasteiger charge is -2.31. The normalized spacial score (nSPS) is 18.9. The molecule has 2 heterocycles. The van der Waals surface area contributed by atoms with Gasteiger partial charge in [-0.1, -0.05) is 5.16 Å². The summed E-state index contributed by atoms with van der Waals surface area (Å²) >= 11 is 0. The second-order valence-electron chi connectivity index (χ2n) is 4.03. The summed E-state index contributed by atoms with van der Waals surface area (Å²) in [5.41, 5.74) is 0. The van der Waals surface area contributed by atoms with Crippen LogP contribution in [0.2, 0.25) is 0 Å². The third-order valence-electron chi connectivity index (χ3n) is 2.91. The summed E-state index contributed by atoms with van der Waals surface area (Å²) in [5.74, 6) is 0.488. The molecule has 0 aliphatic carbocycles. The number of amides is 1. The van der Waals surface area contributed by atoms with E-state index in [0.717, 1.165) is 26.2 Å². The van der Waals surface area contributed by atoms with Gasteiger partial charge >= 0.3 is 0 Å². The van der Waals surface area contributed by atoms with Gasteiger partial charge in [0.2, 0.25) is 12.3 Å². The smallest absolute Gasteiger partial charge is 0.237 e. The molecule has 2 N–H and O–H groups in total. The zero-order valence-electron chi connectivity index (χ0n) is 9.85. The molecular formula is C10H17N5O2. The molecule has 1 aliphatic rings. The summed E-state index contributed by atoms with van der Waals surface area (Å²) in [6, 6.07) is -0.121. The summed E-state index contributed by atoms with van der Waals surface area (Å²) in [6.07, 6.45) is 1.25. The second-order valence-corrected chi connectivity index (χ2v) is 4.03. The highest BCUT2D eigenvalue weighted by Crippen LogP contribution is 2.01. The number of piperazine rings is 1. The van der Waals surface area contributed by atoms with Crippen molar-refractivity contribution in [3.63, 3.8) is 0 Å². The molecule has 94 valence electrons. The molecule has 1 unspecified atom stereocenters. The van der Waals surface area contributed by atoms with Crippen molar-refractivity contribution in [3.8, 4) is 0 Å². The average molecular weight is 239 g/mol. The average Bonchev–Trinajstić information content (AvgIpc) is 2.89. The number of carbonyl (C=O) groups excluding carboxylic acids is 1. The van der Waals surface area contributed by atoms with E-state index in [9.17, 15) is 4.79 Å². The molecule has 1 aromatic rings. The van der Waals surface area contributed by atoms with E-state index in [4.69, 9.17) is 0 Å². The van der Waals surface area contributed by atoms with Gasteiger partial charge in [-0.3, -0.25) is 9.69 Å². The van der Waals surface area contributed by atoms with Crippen LogP contribution in [-0.4, -0.2) is 53.2 Å². The van der Waals surface area contributed by atoms with Crippen LogP contribution in [0.15, 0.2) is 10.9 Å². The Bertz CT molecular complexity index is 348. The van der Waals surface area contributed by atoms with Gasteiger partial charge in [-0.2, -0.15) is 4.98 Å². The van der Waals surface area contributed by atoms with Crippen molar-refractivity contribution < 1.29 is 9.32 Å². The minimum atomic E-state index is -0.121. The van der Waals surface area contributed by atoms with E-state index in [1.54, 1.807) is 0 Å². The first-order valence-corrected chi connectivity index (χ1v) is 5.75. The van der Waals surface area contributed by atoms with E-state index in [2.05, 4.69) is 30.2 Å². The van der Waals surface area contributed by atoms with Crippen molar-refractivity contribution in [1.82, 2.24) is 25.7 Å². The Hall–Kier alpha value is -1.47. The summed E-state index contributed by atoms with van der Waals surface area (Å²) in [7, 11) is 0. The molecule has 1 fully saturated rings. The molecule has 1 atom stereocenters. The Morgan fingerprint density at radius 1 is 1.65 bits per heavy atom. The monoisotopic (exact) mass is 239 g/mol. The number of aromatic nitrogens is 2. The first-order chi connectivity index (χ1) is 8.27. The van der Waals surface area contributed by atoms with Crippen LogP contribution >= 0.6 is 0 Å². The van der Waals surface area contributed by atoms with Gasteiger partial charge in [-0.15, -0.1) is 0 Å². The van der Waals surface area contributed by atoms with Crippen molar-refractivity contribution in [2.75, 3.05) is 26.2 Å². The van der Waals surface area contributed by atoms with E-state index >= 15 is 0 Å². The van der Waals surface area contributed by atoms with Gasteiger partial charge in [0.05, 0.1) is 12.6 Å². The molecular weight excluding hydrogens is 222 g/mol. The molecule has 17 heavy (non-hydrogen) atoms. The lowest BCUT2D eigenvalue weighted by Crippen LogP contribution is -2.52. The minimum absolute atomic E-state index is 0.00306. The van der Waals surface area contributed by atoms with Crippen LogP contribution in [0.25, 0.3) is 0 Å². The van der Waals surface area contributed by atoms with E-state index in [1.807, 2.05) is 6.92 Å². The van der Waals surface area contributed by atoms with Crippen molar-refractivity contribution in [3.05, 3.63) is 12.2 Å². The maximum atomic E-state index is 11.9. The number of hydrogen-bond acceptors (Lipinski definition) is 6. The number of nitrogens with one attached hydrogen (secondary N) is 2. The minimum Gasteiger partial charge on any atom is -0.347 e. The standard InChI is InChI=1S/C10H17N5O2/c1-8(15-4-2-11-3-5-15)10(16)12-6-9-13-7-17-14-9/h7-8,11H,2-6H2,1H3,(H,12,16). The van der Waals surface area contributed by atoms with Crippen LogP contribution in [0.3, 0.4) is 0 Å². The molecule has 0 spiro atoms. The van der Waals surface area contributed by atoms with Gasteiger partial charge in [0, 0.05) is 26.2 Å². The van der Waals surface area contributed by atoms with Crippen molar-refractivity contribution in [1.29, 1.82) is 0 Å². The second kappa shape index (κ2) is 5.74. The predicted octanol–water partition coefficient (Wildman–Crippen LogP) is -1.02. The third kappa shape index (κ3) is 3.24. The summed E-state index contributed by atoms with van der Waals surface area (Å²) in [6.45, 7) is 5.89. The maximum absolute atomic E-state index is 11.9. The first kappa shape index (κ1) is 12.0. The molecule has 0 radical (unpaired) electrons. The fourth-order valence-corrected chi connectivity index (χ4v) is 1.82. The summed E-state index contributed by atoms with van der Waals surface area (Å²) < 4.78 is 4.59. The van der Waals surface area contributed by atoms with Crippen LogP contribution in [0.5, 0.6) is 0 Å². The maximum Gasteiger partial charge on any atom is 0.237 e. The highest BCUT2D eigenvalue weighted by molar-refractivity contribution is 5.81. The van der Waals surface area contributed by atoms with Crippen molar-refractivity contribution in [2.24, 2.45) is 0 Å². The lowest BCUT2D eigenvalue weighted by atomic mass is 10.2. The first-order valence-electron chi connectivity index (χ1n) is 5.75. The SMILES string of the molecule is CC(C(=O)NCc1ncon1)N1CCNCC1. The Kier molecular flexibility index (Phi) is 4.05. The molecule has 1 aromatic heterocycles. The lowest BCUT2D eigenvalue weighted by molar-refractivity contribution is -0.126. The van der Waals surface area contributed by atoms with Crippen LogP contribution < -0.4 is 10.6 Å². The van der Waals surface area contributed by atoms with E-state index < -0.39 is 0 Å². The largest absolute Gasteiger partial charge is 0.347 e. The Balaban J connectivity index is 1.78. The van der Waals surface area contributed by atoms with Gasteiger partial charge in [-0.25, -0.2) is 0 Å². The molecule has 2 rings (SSSR count). The fourth-order valence-electron chi connectivity index (χ4n) is 1.82. The van der Waals surface area contributed by atoms with Gasteiger partial charge in [0.1, 0.15) is 0 Å². The van der Waals surface area contributed by atoms with Gasteiger partial charge < -0.3 is 15.2 Å². The fraction of sp³-hybridized carbons (Fsp3) is 0.700. The zero-order chi connectivity index (χ0) is 12.1. The Labute approximate surface area is 99.6 Å². The van der Waals surface area contributed by atoms with Crippen LogP contribution in [0, 0.1) is 0 Å². The van der Waals surface area contributed by atoms with Crippen LogP contribution in [-0.2, 0) is 11.3 Å². The Morgan fingerprint density at radius 3 is 3.06 bits per heavy atom. The Morgan fingerprint density at radius 2 is 2.41 bits per heavy atom. The topological polar surface area (TPSA) is 83.3 Å². The van der Waals surface area contributed by atoms with Crippen molar-refractivity contribution in [2.45, 2.75) is 19.5 Å². The predicted molar refractivity (Wildman–Crippen MR) is 60.0 cm³/mol. The van der Waals surface area contributed by atoms with Gasteiger partial charge in [-0.05, 0) is 6.92 Å². The molecule has 1 amide bonds. The highest BCUT2D eigenvalue weighted by Gasteiger charge is 2.22. The summed E-state index contributed by atoms with van der Waals surface area (Å²) in [5, 5.41) is 9.69. The van der Waals surface area contributed by atoms with Gasteiger partial charge in [0.15, 0.2) is 5.82 Å². The van der Waals surface area contributed by atoms with E-state index in [1.165, 1.54) is 6.39 Å². The molecule has 7 nitrogen and oxygen atoms in total. The quantitative estimate of drug-likeness (QED) is 0.699. The van der Waals surface area contributed by atoms with Crippen LogP contribution in [0.1, 0.15) is 12.7 Å². The van der Waals surface area contributed by atoms with Gasteiger partial charge in [0.25, 0.3) is 0 Å². The molecule has 1 saturated heterocycles. The molecule has 0 aromatic carbocycles. The molecule has 7 heteroatoms. The number of rotatable bonds is 4. The van der Waals surface area contributed by atoms with E-state index in [0.29, 0.717) is 12.4 Å². The molecule has 1 aliphatic heterocycles. The third-order valence-corrected chi connectivity index (χ3v) is 2.91. The molecule has 0 saturated carbocycles. The highest BCUT2D eigenvalue weighted by atomic mass is 16.5. The zero-order valence-corrected chi connectivity index (χ0v) is 9.85. The number of hydrogen-bond donors (Lipinski definition) is 2. The molecule has 0 bridgehead atoms. The number of carbonyl (C=O) groups is 1. The van der Waals surface area contributed by atoms with E-state index in [-0.39, 0.29) is 11.9 Å².